The summed E-state index contributed by atoms with van der Waals surface area (Å²) in [6.45, 7) is 8.06. The highest BCUT2D eigenvalue weighted by molar-refractivity contribution is 6.00. The van der Waals surface area contributed by atoms with E-state index >= 15 is 0 Å². The first kappa shape index (κ1) is 15.9. The summed E-state index contributed by atoms with van der Waals surface area (Å²) in [7, 11) is 0. The number of nitrogens with two attached hydrogens (primary N) is 1. The Morgan fingerprint density at radius 3 is 2.71 bits per heavy atom. The lowest BCUT2D eigenvalue weighted by atomic mass is 9.54. The smallest absolute Gasteiger partial charge is 0.245 e. The van der Waals surface area contributed by atoms with Crippen molar-refractivity contribution in [1.29, 1.82) is 0 Å². The molecule has 0 saturated heterocycles. The second kappa shape index (κ2) is 5.39. The minimum absolute atomic E-state index is 0.0556. The summed E-state index contributed by atoms with van der Waals surface area (Å²) in [6.07, 6.45) is 0.382. The number of carbonyl (C=O) groups excluding carboxylic acids is 1. The van der Waals surface area contributed by atoms with Crippen LogP contribution in [-0.4, -0.2) is 24.2 Å². The zero-order chi connectivity index (χ0) is 15.8. The van der Waals surface area contributed by atoms with Gasteiger partial charge in [0.1, 0.15) is 11.4 Å². The fourth-order valence-corrected chi connectivity index (χ4v) is 2.84. The van der Waals surface area contributed by atoms with Gasteiger partial charge in [-0.25, -0.2) is 4.39 Å². The summed E-state index contributed by atoms with van der Waals surface area (Å²) in [4.78, 5) is 12.5. The Labute approximate surface area is 124 Å². The van der Waals surface area contributed by atoms with Gasteiger partial charge in [0.05, 0.1) is 11.8 Å². The maximum Gasteiger partial charge on any atom is 0.245 e. The van der Waals surface area contributed by atoms with E-state index in [0.29, 0.717) is 18.6 Å². The molecule has 1 aliphatic carbocycles. The Balaban J connectivity index is 2.18. The molecule has 21 heavy (non-hydrogen) atoms. The van der Waals surface area contributed by atoms with Gasteiger partial charge in [0.15, 0.2) is 0 Å². The highest BCUT2D eigenvalue weighted by atomic mass is 19.1. The Bertz CT molecular complexity index is 539. The fraction of sp³-hybridized carbons (Fsp3) is 0.562. The van der Waals surface area contributed by atoms with E-state index in [1.165, 1.54) is 6.07 Å². The van der Waals surface area contributed by atoms with Crippen LogP contribution in [0.5, 0.6) is 0 Å². The predicted molar refractivity (Wildman–Crippen MR) is 80.5 cm³/mol. The molecule has 0 bridgehead atoms. The van der Waals surface area contributed by atoms with Crippen molar-refractivity contribution in [2.24, 2.45) is 11.1 Å². The summed E-state index contributed by atoms with van der Waals surface area (Å²) in [5.41, 5.74) is 5.60. The number of nitrogens with one attached hydrogen (secondary N) is 1. The Morgan fingerprint density at radius 2 is 2.19 bits per heavy atom. The molecule has 0 spiro atoms. The summed E-state index contributed by atoms with van der Waals surface area (Å²) in [6, 6.07) is 4.68. The van der Waals surface area contributed by atoms with Crippen LogP contribution in [0.4, 0.5) is 10.1 Å². The minimum Gasteiger partial charge on any atom is -0.378 e. The van der Waals surface area contributed by atoms with Gasteiger partial charge < -0.3 is 15.8 Å². The van der Waals surface area contributed by atoms with Gasteiger partial charge in [0.25, 0.3) is 0 Å². The van der Waals surface area contributed by atoms with Crippen molar-refractivity contribution in [3.8, 4) is 0 Å². The molecular weight excluding hydrogens is 271 g/mol. The van der Waals surface area contributed by atoms with Gasteiger partial charge in [-0.2, -0.15) is 0 Å². The van der Waals surface area contributed by atoms with Gasteiger partial charge in [0, 0.05) is 18.4 Å². The van der Waals surface area contributed by atoms with Crippen LogP contribution >= 0.6 is 0 Å². The zero-order valence-corrected chi connectivity index (χ0v) is 13.0. The van der Waals surface area contributed by atoms with E-state index in [0.717, 1.165) is 0 Å². The van der Waals surface area contributed by atoms with Crippen molar-refractivity contribution in [2.75, 3.05) is 11.9 Å². The third-order valence-electron chi connectivity index (χ3n) is 4.70. The number of aryl methyl sites for hydroxylation is 1. The molecule has 0 heterocycles. The first-order valence-electron chi connectivity index (χ1n) is 7.21. The molecule has 0 aliphatic heterocycles. The molecule has 1 saturated carbocycles. The molecule has 3 N–H and O–H groups in total. The number of carbonyl (C=O) groups is 1. The largest absolute Gasteiger partial charge is 0.378 e. The topological polar surface area (TPSA) is 64.3 Å². The Kier molecular flexibility index (Phi) is 4.08. The van der Waals surface area contributed by atoms with Crippen LogP contribution in [0.2, 0.25) is 0 Å². The van der Waals surface area contributed by atoms with Crippen molar-refractivity contribution >= 4 is 11.6 Å². The molecule has 1 aliphatic rings. The van der Waals surface area contributed by atoms with Crippen molar-refractivity contribution in [2.45, 2.75) is 45.8 Å². The standard InChI is InChI=1S/C16H23FN2O2/c1-5-21-12-9-16(18,15(12,3)4)14(20)19-13-10(2)7-6-8-11(13)17/h6-8,12H,5,9,18H2,1-4H3,(H,19,20). The second-order valence-corrected chi connectivity index (χ2v) is 6.23. The molecule has 0 radical (unpaired) electrons. The van der Waals surface area contributed by atoms with Crippen molar-refractivity contribution < 1.29 is 13.9 Å². The summed E-state index contributed by atoms with van der Waals surface area (Å²) in [5, 5.41) is 2.64. The number of rotatable bonds is 4. The van der Waals surface area contributed by atoms with E-state index in [4.69, 9.17) is 10.5 Å². The van der Waals surface area contributed by atoms with Crippen LogP contribution in [0.15, 0.2) is 18.2 Å². The average molecular weight is 294 g/mol. The SMILES string of the molecule is CCOC1CC(N)(C(=O)Nc2c(C)cccc2F)C1(C)C. The van der Waals surface area contributed by atoms with Gasteiger partial charge in [-0.15, -0.1) is 0 Å². The van der Waals surface area contributed by atoms with Crippen molar-refractivity contribution in [1.82, 2.24) is 0 Å². The van der Waals surface area contributed by atoms with Crippen molar-refractivity contribution in [3.05, 3.63) is 29.6 Å². The maximum absolute atomic E-state index is 13.8. The molecule has 5 heteroatoms. The van der Waals surface area contributed by atoms with Crippen LogP contribution in [0.1, 0.15) is 32.8 Å². The Morgan fingerprint density at radius 1 is 1.52 bits per heavy atom. The van der Waals surface area contributed by atoms with Gasteiger partial charge in [-0.1, -0.05) is 26.0 Å². The molecular formula is C16H23FN2O2. The van der Waals surface area contributed by atoms with Crippen LogP contribution < -0.4 is 11.1 Å². The first-order chi connectivity index (χ1) is 9.74. The third kappa shape index (κ3) is 2.45. The Hall–Kier alpha value is -1.46. The lowest BCUT2D eigenvalue weighted by Gasteiger charge is -2.57. The molecule has 2 rings (SSSR count). The molecule has 4 nitrogen and oxygen atoms in total. The predicted octanol–water partition coefficient (Wildman–Crippen LogP) is 2.61. The van der Waals surface area contributed by atoms with Crippen LogP contribution in [0, 0.1) is 18.2 Å². The number of hydrogen-bond acceptors (Lipinski definition) is 3. The van der Waals surface area contributed by atoms with E-state index in [1.807, 2.05) is 20.8 Å². The summed E-state index contributed by atoms with van der Waals surface area (Å²) >= 11 is 0. The third-order valence-corrected chi connectivity index (χ3v) is 4.70. The van der Waals surface area contributed by atoms with E-state index < -0.39 is 16.8 Å². The van der Waals surface area contributed by atoms with Crippen LogP contribution in [-0.2, 0) is 9.53 Å². The maximum atomic E-state index is 13.8. The number of ether oxygens (including phenoxy) is 1. The molecule has 1 aromatic carbocycles. The molecule has 2 atom stereocenters. The van der Waals surface area contributed by atoms with E-state index in [-0.39, 0.29) is 17.7 Å². The number of amides is 1. The molecule has 0 aromatic heterocycles. The monoisotopic (exact) mass is 294 g/mol. The van der Waals surface area contributed by atoms with E-state index in [1.54, 1.807) is 19.1 Å². The quantitative estimate of drug-likeness (QED) is 0.897. The molecule has 1 aromatic rings. The van der Waals surface area contributed by atoms with Crippen LogP contribution in [0.3, 0.4) is 0 Å². The highest BCUT2D eigenvalue weighted by Gasteiger charge is 2.62. The van der Waals surface area contributed by atoms with Gasteiger partial charge in [-0.05, 0) is 25.5 Å². The van der Waals surface area contributed by atoms with E-state index in [9.17, 15) is 9.18 Å². The van der Waals surface area contributed by atoms with Crippen molar-refractivity contribution in [3.63, 3.8) is 0 Å². The second-order valence-electron chi connectivity index (χ2n) is 6.23. The molecule has 1 fully saturated rings. The fourth-order valence-electron chi connectivity index (χ4n) is 2.84. The molecule has 1 amide bonds. The van der Waals surface area contributed by atoms with Gasteiger partial charge >= 0.3 is 0 Å². The van der Waals surface area contributed by atoms with Crippen LogP contribution in [0.25, 0.3) is 0 Å². The van der Waals surface area contributed by atoms with Gasteiger partial charge in [0.2, 0.25) is 5.91 Å². The van der Waals surface area contributed by atoms with E-state index in [2.05, 4.69) is 5.32 Å². The number of anilines is 1. The summed E-state index contributed by atoms with van der Waals surface area (Å²) < 4.78 is 19.4. The normalized spacial score (nSPS) is 27.0. The van der Waals surface area contributed by atoms with Gasteiger partial charge in [-0.3, -0.25) is 4.79 Å². The average Bonchev–Trinajstić information content (AvgIpc) is 2.42. The molecule has 116 valence electrons. The highest BCUT2D eigenvalue weighted by Crippen LogP contribution is 2.50. The number of hydrogen-bond donors (Lipinski definition) is 2. The molecule has 2 unspecified atom stereocenters. The number of benzene rings is 1. The summed E-state index contributed by atoms with van der Waals surface area (Å²) in [5.74, 6) is -0.818. The minimum atomic E-state index is -1.05. The number of para-hydroxylation sites is 1. The lowest BCUT2D eigenvalue weighted by Crippen LogP contribution is -2.74. The first-order valence-corrected chi connectivity index (χ1v) is 7.21. The number of halogens is 1. The lowest BCUT2D eigenvalue weighted by molar-refractivity contribution is -0.166. The zero-order valence-electron chi connectivity index (χ0n) is 13.0.